The Morgan fingerprint density at radius 2 is 2.05 bits per heavy atom. The second-order valence-electron chi connectivity index (χ2n) is 4.31. The minimum atomic E-state index is -0.466. The summed E-state index contributed by atoms with van der Waals surface area (Å²) in [6, 6.07) is 10.7. The second-order valence-corrected chi connectivity index (χ2v) is 5.63. The van der Waals surface area contributed by atoms with Crippen molar-refractivity contribution in [2.24, 2.45) is 0 Å². The number of nitrogens with two attached hydrogens (primary N) is 1. The van der Waals surface area contributed by atoms with Crippen LogP contribution < -0.4 is 10.6 Å². The van der Waals surface area contributed by atoms with Gasteiger partial charge in [0.25, 0.3) is 0 Å². The maximum atomic E-state index is 13.5. The van der Waals surface area contributed by atoms with Crippen molar-refractivity contribution in [1.82, 2.24) is 0 Å². The lowest BCUT2D eigenvalue weighted by atomic mass is 10.2. The Morgan fingerprint density at radius 1 is 1.32 bits per heavy atom. The summed E-state index contributed by atoms with van der Waals surface area (Å²) in [5.74, 6) is -0.466. The first kappa shape index (κ1) is 14.2. The van der Waals surface area contributed by atoms with Gasteiger partial charge in [0.1, 0.15) is 5.82 Å². The van der Waals surface area contributed by atoms with Crippen molar-refractivity contribution in [2.75, 3.05) is 17.7 Å². The normalized spacial score (nSPS) is 10.5. The van der Waals surface area contributed by atoms with Gasteiger partial charge in [-0.25, -0.2) is 4.39 Å². The van der Waals surface area contributed by atoms with E-state index in [0.29, 0.717) is 17.9 Å². The van der Waals surface area contributed by atoms with Gasteiger partial charge in [0.2, 0.25) is 0 Å². The third-order valence-corrected chi connectivity index (χ3v) is 3.57. The molecule has 2 N–H and O–H groups in total. The fraction of sp³-hybridized carbons (Fsp3) is 0.143. The number of rotatable bonds is 3. The van der Waals surface area contributed by atoms with Crippen LogP contribution in [-0.4, -0.2) is 7.05 Å². The Bertz CT molecular complexity index is 604. The number of halogens is 3. The topological polar surface area (TPSA) is 29.3 Å². The van der Waals surface area contributed by atoms with E-state index in [1.165, 1.54) is 12.1 Å². The Balaban J connectivity index is 2.25. The van der Waals surface area contributed by atoms with Gasteiger partial charge in [-0.05, 0) is 23.8 Å². The van der Waals surface area contributed by atoms with Gasteiger partial charge in [-0.3, -0.25) is 0 Å². The van der Waals surface area contributed by atoms with Gasteiger partial charge in [0, 0.05) is 24.1 Å². The van der Waals surface area contributed by atoms with Crippen LogP contribution in [0.1, 0.15) is 5.56 Å². The average Bonchev–Trinajstić information content (AvgIpc) is 2.33. The zero-order valence-corrected chi connectivity index (χ0v) is 12.7. The van der Waals surface area contributed by atoms with E-state index in [1.54, 1.807) is 0 Å². The monoisotopic (exact) mass is 342 g/mol. The molecule has 0 aliphatic carbocycles. The summed E-state index contributed by atoms with van der Waals surface area (Å²) < 4.78 is 14.5. The van der Waals surface area contributed by atoms with E-state index in [1.807, 2.05) is 36.2 Å². The van der Waals surface area contributed by atoms with Crippen LogP contribution in [0.5, 0.6) is 0 Å². The predicted molar refractivity (Wildman–Crippen MR) is 82.1 cm³/mol. The molecule has 2 aromatic carbocycles. The maximum Gasteiger partial charge on any atom is 0.144 e. The molecule has 0 radical (unpaired) electrons. The number of nitrogen functional groups attached to an aromatic ring is 1. The Hall–Kier alpha value is -1.26. The van der Waals surface area contributed by atoms with Gasteiger partial charge >= 0.3 is 0 Å². The van der Waals surface area contributed by atoms with E-state index >= 15 is 0 Å². The first-order chi connectivity index (χ1) is 8.97. The number of anilines is 2. The van der Waals surface area contributed by atoms with E-state index < -0.39 is 5.82 Å². The van der Waals surface area contributed by atoms with E-state index in [2.05, 4.69) is 15.9 Å². The van der Waals surface area contributed by atoms with Gasteiger partial charge < -0.3 is 10.6 Å². The fourth-order valence-corrected chi connectivity index (χ4v) is 2.50. The highest BCUT2D eigenvalue weighted by Crippen LogP contribution is 2.29. The highest BCUT2D eigenvalue weighted by molar-refractivity contribution is 9.10. The van der Waals surface area contributed by atoms with E-state index in [0.717, 1.165) is 10.0 Å². The third-order valence-electron chi connectivity index (χ3n) is 2.79. The van der Waals surface area contributed by atoms with Crippen LogP contribution in [0.2, 0.25) is 5.02 Å². The van der Waals surface area contributed by atoms with E-state index in [9.17, 15) is 4.39 Å². The molecular weight excluding hydrogens is 331 g/mol. The fourth-order valence-electron chi connectivity index (χ4n) is 1.88. The largest absolute Gasteiger partial charge is 0.397 e. The van der Waals surface area contributed by atoms with E-state index in [-0.39, 0.29) is 5.02 Å². The number of hydrogen-bond acceptors (Lipinski definition) is 2. The van der Waals surface area contributed by atoms with Crippen LogP contribution in [-0.2, 0) is 6.54 Å². The first-order valence-electron chi connectivity index (χ1n) is 5.67. The standard InChI is InChI=1S/C14H13BrClFN2/c1-19(8-9-3-2-4-10(15)5-9)14-7-12(17)11(16)6-13(14)18/h2-7H,8,18H2,1H3. The summed E-state index contributed by atoms with van der Waals surface area (Å²) in [4.78, 5) is 1.89. The van der Waals surface area contributed by atoms with Gasteiger partial charge in [-0.2, -0.15) is 0 Å². The quantitative estimate of drug-likeness (QED) is 0.834. The minimum absolute atomic E-state index is 0.0390. The Kier molecular flexibility index (Phi) is 4.32. The van der Waals surface area contributed by atoms with Crippen LogP contribution in [0.4, 0.5) is 15.8 Å². The zero-order chi connectivity index (χ0) is 14.0. The van der Waals surface area contributed by atoms with Crippen LogP contribution in [0, 0.1) is 5.82 Å². The Morgan fingerprint density at radius 3 is 2.74 bits per heavy atom. The lowest BCUT2D eigenvalue weighted by molar-refractivity contribution is 0.628. The molecule has 0 atom stereocenters. The van der Waals surface area contributed by atoms with Crippen molar-refractivity contribution in [3.63, 3.8) is 0 Å². The van der Waals surface area contributed by atoms with Gasteiger partial charge in [-0.15, -0.1) is 0 Å². The second kappa shape index (κ2) is 5.80. The maximum absolute atomic E-state index is 13.5. The summed E-state index contributed by atoms with van der Waals surface area (Å²) in [6.07, 6.45) is 0. The molecule has 0 amide bonds. The van der Waals surface area contributed by atoms with Crippen LogP contribution >= 0.6 is 27.5 Å². The molecule has 0 heterocycles. The number of nitrogens with zero attached hydrogens (tertiary/aromatic N) is 1. The van der Waals surface area contributed by atoms with Gasteiger partial charge in [0.05, 0.1) is 16.4 Å². The van der Waals surface area contributed by atoms with Crippen molar-refractivity contribution in [1.29, 1.82) is 0 Å². The van der Waals surface area contributed by atoms with Crippen molar-refractivity contribution >= 4 is 38.9 Å². The van der Waals surface area contributed by atoms with E-state index in [4.69, 9.17) is 17.3 Å². The number of hydrogen-bond donors (Lipinski definition) is 1. The molecular formula is C14H13BrClFN2. The predicted octanol–water partition coefficient (Wildman–Crippen LogP) is 4.46. The van der Waals surface area contributed by atoms with Crippen molar-refractivity contribution in [3.8, 4) is 0 Å². The molecule has 0 saturated carbocycles. The van der Waals surface area contributed by atoms with Crippen molar-refractivity contribution in [3.05, 3.63) is 57.3 Å². The molecule has 2 aromatic rings. The van der Waals surface area contributed by atoms with Crippen molar-refractivity contribution in [2.45, 2.75) is 6.54 Å². The summed E-state index contributed by atoms with van der Waals surface area (Å²) >= 11 is 9.12. The summed E-state index contributed by atoms with van der Waals surface area (Å²) in [7, 11) is 1.86. The smallest absolute Gasteiger partial charge is 0.144 e. The molecule has 0 aliphatic rings. The van der Waals surface area contributed by atoms with Crippen LogP contribution in [0.15, 0.2) is 40.9 Å². The summed E-state index contributed by atoms with van der Waals surface area (Å²) in [5, 5.41) is 0.0390. The lowest BCUT2D eigenvalue weighted by Crippen LogP contribution is -2.18. The average molecular weight is 344 g/mol. The highest BCUT2D eigenvalue weighted by atomic mass is 79.9. The first-order valence-corrected chi connectivity index (χ1v) is 6.84. The molecule has 0 aliphatic heterocycles. The minimum Gasteiger partial charge on any atom is -0.397 e. The Labute approximate surface area is 125 Å². The molecule has 19 heavy (non-hydrogen) atoms. The van der Waals surface area contributed by atoms with Crippen molar-refractivity contribution < 1.29 is 4.39 Å². The highest BCUT2D eigenvalue weighted by Gasteiger charge is 2.10. The lowest BCUT2D eigenvalue weighted by Gasteiger charge is -2.21. The molecule has 0 saturated heterocycles. The molecule has 2 nitrogen and oxygen atoms in total. The molecule has 0 unspecified atom stereocenters. The van der Waals surface area contributed by atoms with Crippen LogP contribution in [0.3, 0.4) is 0 Å². The molecule has 5 heteroatoms. The molecule has 2 rings (SSSR count). The summed E-state index contributed by atoms with van der Waals surface area (Å²) in [5.41, 5.74) is 8.06. The number of benzene rings is 2. The van der Waals surface area contributed by atoms with Crippen LogP contribution in [0.25, 0.3) is 0 Å². The van der Waals surface area contributed by atoms with Gasteiger partial charge in [0.15, 0.2) is 0 Å². The molecule has 0 spiro atoms. The van der Waals surface area contributed by atoms with Gasteiger partial charge in [-0.1, -0.05) is 39.7 Å². The molecule has 100 valence electrons. The molecule has 0 fully saturated rings. The zero-order valence-electron chi connectivity index (χ0n) is 10.3. The summed E-state index contributed by atoms with van der Waals surface area (Å²) in [6.45, 7) is 0.630. The SMILES string of the molecule is CN(Cc1cccc(Br)c1)c1cc(F)c(Cl)cc1N. The molecule has 0 aromatic heterocycles. The third kappa shape index (κ3) is 3.39. The molecule has 0 bridgehead atoms.